The lowest BCUT2D eigenvalue weighted by atomic mass is 9.44. The molecule has 49 heavy (non-hydrogen) atoms. The standard InChI is InChI=1S/C35H44O14/c1-16-21(47-31(43)25(40)17(2)36)14-35(44)29(48-30(42)20-11-9-8-10-12-20)27-33(7,22(39)13-23-34(27,15-45-23)49-19(4)38)28(41)26(46-18(3)37)24(16)32(35,5)6/h8-12,17,21-23,25-27,29,36,39-40,44H,13-15H2,1-7H3/t17-,21-,22-,23+,25-,26+,27-,29-,33+,34-,35-/m0/s1. The van der Waals surface area contributed by atoms with Gasteiger partial charge in [0, 0.05) is 32.1 Å². The number of benzene rings is 1. The summed E-state index contributed by atoms with van der Waals surface area (Å²) in [5.74, 6) is -6.14. The number of hydrogen-bond acceptors (Lipinski definition) is 14. The minimum atomic E-state index is -2.32. The second kappa shape index (κ2) is 12.6. The van der Waals surface area contributed by atoms with E-state index < -0.39 is 107 Å². The van der Waals surface area contributed by atoms with Crippen LogP contribution in [0.15, 0.2) is 41.5 Å². The first-order chi connectivity index (χ1) is 22.7. The van der Waals surface area contributed by atoms with Crippen molar-refractivity contribution in [1.82, 2.24) is 0 Å². The number of ether oxygens (including phenoxy) is 5. The molecule has 4 aliphatic rings. The second-order valence-corrected chi connectivity index (χ2v) is 14.4. The number of hydrogen-bond donors (Lipinski definition) is 4. The Labute approximate surface area is 283 Å². The fraction of sp³-hybridized carbons (Fsp3) is 0.629. The molecule has 0 spiro atoms. The Hall–Kier alpha value is -3.69. The van der Waals surface area contributed by atoms with Crippen molar-refractivity contribution in [3.63, 3.8) is 0 Å². The largest absolute Gasteiger partial charge is 0.456 e. The molecule has 0 radical (unpaired) electrons. The average molecular weight is 689 g/mol. The van der Waals surface area contributed by atoms with E-state index in [0.717, 1.165) is 13.8 Å². The number of fused-ring (bicyclic) bond motifs is 5. The number of ketones is 1. The van der Waals surface area contributed by atoms with E-state index in [1.54, 1.807) is 32.0 Å². The zero-order valence-electron chi connectivity index (χ0n) is 28.5. The van der Waals surface area contributed by atoms with Crippen LogP contribution in [0, 0.1) is 16.7 Å². The molecule has 1 aliphatic heterocycles. The summed E-state index contributed by atoms with van der Waals surface area (Å²) >= 11 is 0. The summed E-state index contributed by atoms with van der Waals surface area (Å²) < 4.78 is 29.4. The van der Waals surface area contributed by atoms with Crippen molar-refractivity contribution < 1.29 is 68.1 Å². The molecule has 1 aromatic carbocycles. The van der Waals surface area contributed by atoms with E-state index in [9.17, 15) is 39.6 Å². The van der Waals surface area contributed by atoms with Gasteiger partial charge >= 0.3 is 23.9 Å². The molecule has 14 nitrogen and oxygen atoms in total. The zero-order chi connectivity index (χ0) is 36.4. The Bertz CT molecular complexity index is 1570. The minimum Gasteiger partial charge on any atom is -0.456 e. The Morgan fingerprint density at radius 2 is 1.61 bits per heavy atom. The van der Waals surface area contributed by atoms with E-state index in [-0.39, 0.29) is 29.7 Å². The summed E-state index contributed by atoms with van der Waals surface area (Å²) in [6.45, 7) is 9.13. The lowest BCUT2D eigenvalue weighted by Crippen LogP contribution is -2.82. The number of aliphatic hydroxyl groups is 4. The van der Waals surface area contributed by atoms with Crippen molar-refractivity contribution >= 4 is 29.7 Å². The maximum atomic E-state index is 15.1. The molecule has 2 saturated carbocycles. The number of Topliss-reactive ketones (excluding diaryl/α,β-unsaturated/α-hetero) is 1. The quantitative estimate of drug-likeness (QED) is 0.179. The van der Waals surface area contributed by atoms with Gasteiger partial charge < -0.3 is 44.1 Å². The Morgan fingerprint density at radius 1 is 0.980 bits per heavy atom. The number of aliphatic hydroxyl groups excluding tert-OH is 3. The SMILES string of the molecule is CC(=O)O[C@H]1C(=O)[C@@]2(C)[C@H]([C@H](OC(=O)c3ccccc3)[C@@]3(O)C[C@H](OC(=O)[C@@H](O)[C@H](C)O)C(C)=C1C3(C)C)[C@]1(OC(C)=O)CO[C@@H]1C[C@@H]2O. The predicted octanol–water partition coefficient (Wildman–Crippen LogP) is 0.945. The predicted molar refractivity (Wildman–Crippen MR) is 166 cm³/mol. The van der Waals surface area contributed by atoms with Crippen molar-refractivity contribution in [3.05, 3.63) is 47.0 Å². The first kappa shape index (κ1) is 36.6. The summed E-state index contributed by atoms with van der Waals surface area (Å²) in [4.78, 5) is 67.5. The van der Waals surface area contributed by atoms with Gasteiger partial charge in [0.25, 0.3) is 0 Å². The minimum absolute atomic E-state index is 0.0203. The highest BCUT2D eigenvalue weighted by Gasteiger charge is 2.78. The third kappa shape index (κ3) is 5.57. The normalized spacial score (nSPS) is 37.5. The van der Waals surface area contributed by atoms with Crippen LogP contribution in [0.4, 0.5) is 0 Å². The zero-order valence-corrected chi connectivity index (χ0v) is 28.5. The van der Waals surface area contributed by atoms with Crippen LogP contribution in [0.3, 0.4) is 0 Å². The topological polar surface area (TPSA) is 212 Å². The number of rotatable bonds is 7. The summed E-state index contributed by atoms with van der Waals surface area (Å²) in [6, 6.07) is 7.83. The Kier molecular flexibility index (Phi) is 9.39. The molecule has 1 heterocycles. The smallest absolute Gasteiger partial charge is 0.338 e. The third-order valence-corrected chi connectivity index (χ3v) is 11.1. The van der Waals surface area contributed by atoms with Crippen molar-refractivity contribution in [2.24, 2.45) is 16.7 Å². The van der Waals surface area contributed by atoms with Crippen LogP contribution in [0.1, 0.15) is 71.7 Å². The molecule has 5 rings (SSSR count). The van der Waals surface area contributed by atoms with Gasteiger partial charge in [0.1, 0.15) is 23.9 Å². The lowest BCUT2D eigenvalue weighted by molar-refractivity contribution is -0.346. The van der Waals surface area contributed by atoms with E-state index in [4.69, 9.17) is 23.7 Å². The molecule has 4 N–H and O–H groups in total. The highest BCUT2D eigenvalue weighted by molar-refractivity contribution is 5.95. The lowest BCUT2D eigenvalue weighted by Gasteiger charge is -2.67. The Morgan fingerprint density at radius 3 is 2.14 bits per heavy atom. The van der Waals surface area contributed by atoms with Gasteiger partial charge in [-0.1, -0.05) is 32.0 Å². The van der Waals surface area contributed by atoms with Crippen molar-refractivity contribution in [3.8, 4) is 0 Å². The van der Waals surface area contributed by atoms with Gasteiger partial charge in [0.05, 0.1) is 35.7 Å². The number of esters is 4. The Balaban J connectivity index is 1.84. The number of carbonyl (C=O) groups is 5. The summed E-state index contributed by atoms with van der Waals surface area (Å²) in [5, 5.41) is 45.3. The van der Waals surface area contributed by atoms with Crippen LogP contribution in [0.2, 0.25) is 0 Å². The molecular formula is C35H44O14. The van der Waals surface area contributed by atoms with Crippen LogP contribution in [0.5, 0.6) is 0 Å². The summed E-state index contributed by atoms with van der Waals surface area (Å²) in [7, 11) is 0. The molecule has 11 atom stereocenters. The van der Waals surface area contributed by atoms with Crippen LogP contribution in [-0.2, 0) is 42.9 Å². The molecule has 1 saturated heterocycles. The van der Waals surface area contributed by atoms with E-state index in [1.807, 2.05) is 0 Å². The molecule has 268 valence electrons. The van der Waals surface area contributed by atoms with Gasteiger partial charge in [-0.3, -0.25) is 14.4 Å². The summed E-state index contributed by atoms with van der Waals surface area (Å²) in [5.41, 5.74) is -7.34. The fourth-order valence-electron chi connectivity index (χ4n) is 8.42. The van der Waals surface area contributed by atoms with Crippen LogP contribution in [0.25, 0.3) is 0 Å². The molecule has 3 aliphatic carbocycles. The molecule has 14 heteroatoms. The molecule has 0 aromatic heterocycles. The van der Waals surface area contributed by atoms with Gasteiger partial charge in [0.15, 0.2) is 23.6 Å². The van der Waals surface area contributed by atoms with E-state index >= 15 is 4.79 Å². The number of carbonyl (C=O) groups excluding carboxylic acids is 5. The van der Waals surface area contributed by atoms with Gasteiger partial charge in [-0.25, -0.2) is 9.59 Å². The average Bonchev–Trinajstić information content (AvgIpc) is 3.02. The molecule has 0 unspecified atom stereocenters. The first-order valence-corrected chi connectivity index (χ1v) is 16.2. The van der Waals surface area contributed by atoms with E-state index in [0.29, 0.717) is 0 Å². The molecule has 3 fully saturated rings. The highest BCUT2D eigenvalue weighted by Crippen LogP contribution is 2.64. The highest BCUT2D eigenvalue weighted by atomic mass is 16.6. The van der Waals surface area contributed by atoms with Crippen LogP contribution < -0.4 is 0 Å². The fourth-order valence-corrected chi connectivity index (χ4v) is 8.42. The molecule has 1 aromatic rings. The van der Waals surface area contributed by atoms with Crippen LogP contribution in [-0.4, -0.2) is 111 Å². The molecular weight excluding hydrogens is 644 g/mol. The third-order valence-electron chi connectivity index (χ3n) is 11.1. The summed E-state index contributed by atoms with van der Waals surface area (Å²) in [6.07, 6.45) is -11.6. The maximum Gasteiger partial charge on any atom is 0.338 e. The molecule has 2 bridgehead atoms. The van der Waals surface area contributed by atoms with Crippen molar-refractivity contribution in [2.45, 2.75) is 115 Å². The van der Waals surface area contributed by atoms with Gasteiger partial charge in [0.2, 0.25) is 0 Å². The van der Waals surface area contributed by atoms with E-state index in [2.05, 4.69) is 0 Å². The monoisotopic (exact) mass is 688 g/mol. The van der Waals surface area contributed by atoms with Gasteiger partial charge in [-0.2, -0.15) is 0 Å². The maximum absolute atomic E-state index is 15.1. The van der Waals surface area contributed by atoms with E-state index in [1.165, 1.54) is 32.9 Å². The second-order valence-electron chi connectivity index (χ2n) is 14.4. The molecule has 0 amide bonds. The van der Waals surface area contributed by atoms with Gasteiger partial charge in [-0.15, -0.1) is 0 Å². The first-order valence-electron chi connectivity index (χ1n) is 16.2. The van der Waals surface area contributed by atoms with Crippen LogP contribution >= 0.6 is 0 Å². The van der Waals surface area contributed by atoms with Gasteiger partial charge in [-0.05, 0) is 44.1 Å². The van der Waals surface area contributed by atoms with Crippen molar-refractivity contribution in [2.75, 3.05) is 6.61 Å². The van der Waals surface area contributed by atoms with Crippen molar-refractivity contribution in [1.29, 1.82) is 0 Å².